The Bertz CT molecular complexity index is 132. The molecule has 0 aromatic rings. The molecule has 1 aliphatic rings. The predicted molar refractivity (Wildman–Crippen MR) is 53.7 cm³/mol. The second kappa shape index (κ2) is 5.61. The van der Waals surface area contributed by atoms with E-state index in [4.69, 9.17) is 4.74 Å². The fraction of sp³-hybridized carbons (Fsp3) is 1.00. The van der Waals surface area contributed by atoms with Crippen LogP contribution in [-0.4, -0.2) is 24.4 Å². The van der Waals surface area contributed by atoms with E-state index >= 15 is 0 Å². The summed E-state index contributed by atoms with van der Waals surface area (Å²) in [6.07, 6.45) is 6.78. The number of rotatable bonds is 6. The Balaban J connectivity index is 2.20. The third-order valence-corrected chi connectivity index (χ3v) is 3.10. The lowest BCUT2D eigenvalue weighted by Gasteiger charge is -2.30. The van der Waals surface area contributed by atoms with Crippen molar-refractivity contribution in [2.75, 3.05) is 7.11 Å². The number of methoxy groups -OCH3 is 1. The van der Waals surface area contributed by atoms with Crippen molar-refractivity contribution >= 4 is 0 Å². The zero-order valence-electron chi connectivity index (χ0n) is 8.83. The van der Waals surface area contributed by atoms with Crippen LogP contribution in [0.2, 0.25) is 0 Å². The number of hydrogen-bond donors (Lipinski definition) is 1. The van der Waals surface area contributed by atoms with Crippen LogP contribution in [0.3, 0.4) is 0 Å². The fourth-order valence-electron chi connectivity index (χ4n) is 1.97. The van der Waals surface area contributed by atoms with Gasteiger partial charge in [-0.25, -0.2) is 0 Å². The van der Waals surface area contributed by atoms with Crippen LogP contribution in [0.15, 0.2) is 0 Å². The molecule has 0 spiro atoms. The van der Waals surface area contributed by atoms with Crippen LogP contribution in [0, 0.1) is 5.92 Å². The van der Waals surface area contributed by atoms with E-state index in [0.717, 1.165) is 25.2 Å². The molecule has 0 aromatic carbocycles. The standard InChI is InChI=1S/C11H22O2/c1-3-5-11(13-2)10(12)8-9-6-4-7-9/h9-12H,3-8H2,1-2H3. The quantitative estimate of drug-likeness (QED) is 0.690. The molecule has 1 aliphatic carbocycles. The van der Waals surface area contributed by atoms with Gasteiger partial charge in [0.05, 0.1) is 12.2 Å². The minimum absolute atomic E-state index is 0.0607. The second-order valence-corrected chi connectivity index (χ2v) is 4.16. The summed E-state index contributed by atoms with van der Waals surface area (Å²) in [5.74, 6) is 0.768. The van der Waals surface area contributed by atoms with Crippen molar-refractivity contribution in [3.63, 3.8) is 0 Å². The van der Waals surface area contributed by atoms with E-state index in [-0.39, 0.29) is 12.2 Å². The van der Waals surface area contributed by atoms with E-state index in [9.17, 15) is 5.11 Å². The first-order chi connectivity index (χ1) is 6.27. The van der Waals surface area contributed by atoms with Gasteiger partial charge in [-0.1, -0.05) is 32.6 Å². The van der Waals surface area contributed by atoms with Crippen LogP contribution in [0.4, 0.5) is 0 Å². The lowest BCUT2D eigenvalue weighted by Crippen LogP contribution is -2.31. The van der Waals surface area contributed by atoms with Crippen molar-refractivity contribution < 1.29 is 9.84 Å². The van der Waals surface area contributed by atoms with Crippen LogP contribution in [0.1, 0.15) is 45.4 Å². The largest absolute Gasteiger partial charge is 0.390 e. The molecule has 78 valence electrons. The third-order valence-electron chi connectivity index (χ3n) is 3.10. The Kier molecular flexibility index (Phi) is 4.74. The molecule has 2 atom stereocenters. The molecule has 0 heterocycles. The number of ether oxygens (including phenoxy) is 1. The molecule has 0 amide bonds. The van der Waals surface area contributed by atoms with E-state index in [1.807, 2.05) is 0 Å². The maximum absolute atomic E-state index is 9.85. The summed E-state index contributed by atoms with van der Waals surface area (Å²) in [4.78, 5) is 0. The zero-order valence-corrected chi connectivity index (χ0v) is 8.83. The summed E-state index contributed by atoms with van der Waals surface area (Å²) in [6, 6.07) is 0. The van der Waals surface area contributed by atoms with Gasteiger partial charge in [0.1, 0.15) is 0 Å². The maximum Gasteiger partial charge on any atom is 0.0830 e. The van der Waals surface area contributed by atoms with Crippen molar-refractivity contribution in [1.82, 2.24) is 0 Å². The fourth-order valence-corrected chi connectivity index (χ4v) is 1.97. The van der Waals surface area contributed by atoms with Crippen molar-refractivity contribution in [1.29, 1.82) is 0 Å². The van der Waals surface area contributed by atoms with E-state index in [2.05, 4.69) is 6.92 Å². The molecule has 2 nitrogen and oxygen atoms in total. The Morgan fingerprint density at radius 1 is 1.46 bits per heavy atom. The summed E-state index contributed by atoms with van der Waals surface area (Å²) in [6.45, 7) is 2.13. The molecule has 1 rings (SSSR count). The summed E-state index contributed by atoms with van der Waals surface area (Å²) in [5.41, 5.74) is 0. The monoisotopic (exact) mass is 186 g/mol. The van der Waals surface area contributed by atoms with Gasteiger partial charge in [0.2, 0.25) is 0 Å². The molecule has 0 radical (unpaired) electrons. The van der Waals surface area contributed by atoms with Crippen LogP contribution in [0.25, 0.3) is 0 Å². The minimum Gasteiger partial charge on any atom is -0.390 e. The Hall–Kier alpha value is -0.0800. The lowest BCUT2D eigenvalue weighted by molar-refractivity contribution is -0.0326. The van der Waals surface area contributed by atoms with Gasteiger partial charge in [0.25, 0.3) is 0 Å². The van der Waals surface area contributed by atoms with E-state index in [0.29, 0.717) is 0 Å². The highest BCUT2D eigenvalue weighted by Crippen LogP contribution is 2.31. The molecule has 2 heteroatoms. The van der Waals surface area contributed by atoms with Gasteiger partial charge in [-0.05, 0) is 18.8 Å². The van der Waals surface area contributed by atoms with E-state index in [1.165, 1.54) is 19.3 Å². The SMILES string of the molecule is CCCC(OC)C(O)CC1CCC1. The second-order valence-electron chi connectivity index (χ2n) is 4.16. The van der Waals surface area contributed by atoms with Crippen LogP contribution in [0.5, 0.6) is 0 Å². The average Bonchev–Trinajstić information content (AvgIpc) is 2.07. The van der Waals surface area contributed by atoms with Crippen molar-refractivity contribution in [3.05, 3.63) is 0 Å². The molecule has 0 saturated heterocycles. The number of aliphatic hydroxyl groups excluding tert-OH is 1. The molecular formula is C11H22O2. The molecule has 1 fully saturated rings. The molecule has 0 aromatic heterocycles. The molecule has 13 heavy (non-hydrogen) atoms. The summed E-state index contributed by atoms with van der Waals surface area (Å²) < 4.78 is 5.27. The molecule has 1 N–H and O–H groups in total. The average molecular weight is 186 g/mol. The first kappa shape index (κ1) is 11.0. The van der Waals surface area contributed by atoms with Crippen molar-refractivity contribution in [2.45, 2.75) is 57.7 Å². The topological polar surface area (TPSA) is 29.5 Å². The lowest BCUT2D eigenvalue weighted by atomic mass is 9.80. The van der Waals surface area contributed by atoms with Crippen LogP contribution < -0.4 is 0 Å². The van der Waals surface area contributed by atoms with Crippen molar-refractivity contribution in [3.8, 4) is 0 Å². The van der Waals surface area contributed by atoms with E-state index < -0.39 is 0 Å². The van der Waals surface area contributed by atoms with Crippen molar-refractivity contribution in [2.24, 2.45) is 5.92 Å². The molecule has 1 saturated carbocycles. The summed E-state index contributed by atoms with van der Waals surface area (Å²) in [5, 5.41) is 9.85. The van der Waals surface area contributed by atoms with Gasteiger partial charge >= 0.3 is 0 Å². The van der Waals surface area contributed by atoms with Gasteiger partial charge in [0, 0.05) is 7.11 Å². The van der Waals surface area contributed by atoms with Crippen LogP contribution in [-0.2, 0) is 4.74 Å². The molecule has 0 aliphatic heterocycles. The molecule has 0 bridgehead atoms. The summed E-state index contributed by atoms with van der Waals surface area (Å²) in [7, 11) is 1.70. The normalized spacial score (nSPS) is 22.4. The Morgan fingerprint density at radius 3 is 2.54 bits per heavy atom. The minimum atomic E-state index is -0.241. The Morgan fingerprint density at radius 2 is 2.15 bits per heavy atom. The highest BCUT2D eigenvalue weighted by Gasteiger charge is 2.25. The molecule has 2 unspecified atom stereocenters. The number of hydrogen-bond acceptors (Lipinski definition) is 2. The molecular weight excluding hydrogens is 164 g/mol. The predicted octanol–water partition coefficient (Wildman–Crippen LogP) is 2.35. The van der Waals surface area contributed by atoms with Gasteiger partial charge in [0.15, 0.2) is 0 Å². The van der Waals surface area contributed by atoms with Gasteiger partial charge < -0.3 is 9.84 Å². The Labute approximate surface area is 81.3 Å². The van der Waals surface area contributed by atoms with Gasteiger partial charge in [-0.15, -0.1) is 0 Å². The first-order valence-corrected chi connectivity index (χ1v) is 5.48. The van der Waals surface area contributed by atoms with Gasteiger partial charge in [-0.3, -0.25) is 0 Å². The maximum atomic E-state index is 9.85. The van der Waals surface area contributed by atoms with Gasteiger partial charge in [-0.2, -0.15) is 0 Å². The number of aliphatic hydroxyl groups is 1. The van der Waals surface area contributed by atoms with Crippen LogP contribution >= 0.6 is 0 Å². The smallest absolute Gasteiger partial charge is 0.0830 e. The third kappa shape index (κ3) is 3.28. The highest BCUT2D eigenvalue weighted by molar-refractivity contribution is 4.77. The highest BCUT2D eigenvalue weighted by atomic mass is 16.5. The summed E-state index contributed by atoms with van der Waals surface area (Å²) >= 11 is 0. The first-order valence-electron chi connectivity index (χ1n) is 5.48. The van der Waals surface area contributed by atoms with E-state index in [1.54, 1.807) is 7.11 Å². The zero-order chi connectivity index (χ0) is 9.68.